The fourth-order valence-electron chi connectivity index (χ4n) is 8.04. The molecular weight excluding hydrogens is 575 g/mol. The van der Waals surface area contributed by atoms with Crippen LogP contribution in [0.3, 0.4) is 0 Å². The van der Waals surface area contributed by atoms with Gasteiger partial charge in [0.15, 0.2) is 16.6 Å². The molecule has 1 heterocycles. The van der Waals surface area contributed by atoms with E-state index < -0.39 is 16.6 Å². The van der Waals surface area contributed by atoms with Crippen molar-refractivity contribution in [3.05, 3.63) is 47.1 Å². The maximum Gasteiger partial charge on any atom is 0.246 e. The summed E-state index contributed by atoms with van der Waals surface area (Å²) < 4.78 is 14.1. The third kappa shape index (κ3) is 7.34. The predicted octanol–water partition coefficient (Wildman–Crippen LogP) is 10.3. The number of carbonyl (C=O) groups is 1. The summed E-state index contributed by atoms with van der Waals surface area (Å²) in [5.74, 6) is 1.82. The van der Waals surface area contributed by atoms with Gasteiger partial charge in [-0.2, -0.15) is 0 Å². The summed E-state index contributed by atoms with van der Waals surface area (Å²) in [7, 11) is -3.92. The summed E-state index contributed by atoms with van der Waals surface area (Å²) in [6, 6.07) is 0. The molecule has 4 nitrogen and oxygen atoms in total. The van der Waals surface area contributed by atoms with Crippen LogP contribution in [0.5, 0.6) is 0 Å². The molecule has 4 aliphatic rings. The fraction of sp³-hybridized carbons (Fsp3) is 0.763. The summed E-state index contributed by atoms with van der Waals surface area (Å²) in [5, 5.41) is 3.31. The first kappa shape index (κ1) is 35.6. The number of nitrogens with one attached hydrogen (secondary N) is 1. The smallest absolute Gasteiger partial charge is 0.246 e. The molecule has 1 unspecified atom stereocenters. The van der Waals surface area contributed by atoms with E-state index in [4.69, 9.17) is 8.85 Å². The van der Waals surface area contributed by atoms with Crippen LogP contribution in [0.25, 0.3) is 0 Å². The summed E-state index contributed by atoms with van der Waals surface area (Å²) in [6.45, 7) is 33.8. The van der Waals surface area contributed by atoms with Gasteiger partial charge in [0, 0.05) is 18.5 Å². The van der Waals surface area contributed by atoms with Gasteiger partial charge in [0.2, 0.25) is 5.91 Å². The number of allylic oxidation sites excluding steroid dienone is 4. The summed E-state index contributed by atoms with van der Waals surface area (Å²) in [6.07, 6.45) is 16.3. The number of rotatable bonds is 7. The van der Waals surface area contributed by atoms with E-state index in [9.17, 15) is 4.79 Å². The Bertz CT molecular complexity index is 1200. The molecule has 44 heavy (non-hydrogen) atoms. The van der Waals surface area contributed by atoms with Crippen molar-refractivity contribution in [1.82, 2.24) is 5.32 Å². The largest absolute Gasteiger partial charge is 0.413 e. The quantitative estimate of drug-likeness (QED) is 0.223. The molecule has 3 aliphatic carbocycles. The molecule has 1 aliphatic heterocycles. The van der Waals surface area contributed by atoms with Gasteiger partial charge in [-0.15, -0.1) is 0 Å². The maximum absolute atomic E-state index is 12.3. The lowest BCUT2D eigenvalue weighted by Crippen LogP contribution is -2.49. The van der Waals surface area contributed by atoms with E-state index in [1.807, 2.05) is 0 Å². The van der Waals surface area contributed by atoms with Crippen LogP contribution in [0, 0.1) is 23.2 Å². The van der Waals surface area contributed by atoms with Crippen LogP contribution >= 0.6 is 0 Å². The van der Waals surface area contributed by atoms with Crippen LogP contribution in [0.2, 0.25) is 36.3 Å². The van der Waals surface area contributed by atoms with Crippen molar-refractivity contribution >= 4 is 22.5 Å². The lowest BCUT2D eigenvalue weighted by atomic mass is 9.61. The Morgan fingerprint density at radius 3 is 2.18 bits per heavy atom. The zero-order valence-electron chi connectivity index (χ0n) is 30.4. The molecule has 3 saturated carbocycles. The van der Waals surface area contributed by atoms with E-state index in [1.54, 1.807) is 5.57 Å². The van der Waals surface area contributed by atoms with Crippen LogP contribution in [-0.4, -0.2) is 41.3 Å². The Balaban J connectivity index is 1.60. The first-order valence-corrected chi connectivity index (χ1v) is 23.4. The number of fused-ring (bicyclic) bond motifs is 1. The van der Waals surface area contributed by atoms with Crippen molar-refractivity contribution in [2.24, 2.45) is 23.2 Å². The Morgan fingerprint density at radius 2 is 1.59 bits per heavy atom. The Morgan fingerprint density at radius 1 is 0.955 bits per heavy atom. The summed E-state index contributed by atoms with van der Waals surface area (Å²) >= 11 is 0. The predicted molar refractivity (Wildman–Crippen MR) is 192 cm³/mol. The van der Waals surface area contributed by atoms with Gasteiger partial charge in [0.25, 0.3) is 0 Å². The minimum atomic E-state index is -1.99. The monoisotopic (exact) mass is 639 g/mol. The van der Waals surface area contributed by atoms with Crippen molar-refractivity contribution in [3.63, 3.8) is 0 Å². The third-order valence-corrected chi connectivity index (χ3v) is 21.9. The number of hydrogen-bond acceptors (Lipinski definition) is 3. The zero-order chi connectivity index (χ0) is 32.9. The highest BCUT2D eigenvalue weighted by Gasteiger charge is 2.51. The minimum absolute atomic E-state index is 0.0122. The average Bonchev–Trinajstić information content (AvgIpc) is 3.45. The topological polar surface area (TPSA) is 47.6 Å². The molecule has 0 aromatic rings. The number of amides is 1. The van der Waals surface area contributed by atoms with Gasteiger partial charge in [-0.1, -0.05) is 85.8 Å². The van der Waals surface area contributed by atoms with E-state index in [1.165, 1.54) is 43.3 Å². The molecule has 0 aromatic heterocycles. The molecule has 0 bridgehead atoms. The first-order valence-electron chi connectivity index (χ1n) is 17.6. The summed E-state index contributed by atoms with van der Waals surface area (Å²) in [5.41, 5.74) is 5.40. The molecule has 6 heteroatoms. The highest BCUT2D eigenvalue weighted by Crippen LogP contribution is 2.59. The van der Waals surface area contributed by atoms with Gasteiger partial charge in [-0.3, -0.25) is 4.79 Å². The van der Waals surface area contributed by atoms with Gasteiger partial charge < -0.3 is 14.2 Å². The van der Waals surface area contributed by atoms with E-state index in [2.05, 4.69) is 112 Å². The molecule has 4 fully saturated rings. The Labute approximate surface area is 272 Å². The second-order valence-electron chi connectivity index (χ2n) is 17.9. The molecular formula is C38H65NO3Si2. The molecule has 4 rings (SSSR count). The number of carbonyl (C=O) groups excluding carboxylic acids is 1. The van der Waals surface area contributed by atoms with Gasteiger partial charge in [0.05, 0.1) is 12.2 Å². The van der Waals surface area contributed by atoms with Crippen LogP contribution in [0.1, 0.15) is 107 Å². The van der Waals surface area contributed by atoms with E-state index >= 15 is 0 Å². The van der Waals surface area contributed by atoms with Gasteiger partial charge in [0.1, 0.15) is 0 Å². The Hall–Kier alpha value is -1.22. The number of hydrogen-bond donors (Lipinski definition) is 1. The molecule has 0 aromatic carbocycles. The lowest BCUT2D eigenvalue weighted by Gasteiger charge is -2.45. The highest BCUT2D eigenvalue weighted by atomic mass is 28.4. The summed E-state index contributed by atoms with van der Waals surface area (Å²) in [4.78, 5) is 12.3. The Kier molecular flexibility index (Phi) is 10.3. The standard InChI is InChI=1S/C38H65NO3Si2/c1-26(23-30-20-22-39-35(30)40)32-18-19-33-28(15-14-21-38(32,33)9)16-17-29-24-31(41-43(10,11)36(3,4)5)25-34(27(29)2)42-44(12,13)37(6,7)8/h16-17,23,26,31-34H,2,14-15,18-22,24-25H2,1,3-13H3,(H,39,40)/t26-,31-,32-,33?,34+,38-/m1/s1. The van der Waals surface area contributed by atoms with Crippen LogP contribution in [0.4, 0.5) is 0 Å². The molecule has 1 saturated heterocycles. The van der Waals surface area contributed by atoms with Crippen molar-refractivity contribution < 1.29 is 13.6 Å². The van der Waals surface area contributed by atoms with Gasteiger partial charge in [-0.05, 0) is 116 Å². The third-order valence-electron chi connectivity index (χ3n) is 12.8. The van der Waals surface area contributed by atoms with Crippen LogP contribution in [0.15, 0.2) is 47.1 Å². The van der Waals surface area contributed by atoms with Crippen LogP contribution < -0.4 is 5.32 Å². The van der Waals surface area contributed by atoms with Gasteiger partial charge >= 0.3 is 0 Å². The zero-order valence-corrected chi connectivity index (χ0v) is 32.4. The van der Waals surface area contributed by atoms with E-state index in [0.717, 1.165) is 31.4 Å². The van der Waals surface area contributed by atoms with Crippen molar-refractivity contribution in [2.45, 2.75) is 155 Å². The first-order chi connectivity index (χ1) is 20.2. The molecule has 248 valence electrons. The molecule has 1 amide bonds. The lowest BCUT2D eigenvalue weighted by molar-refractivity contribution is -0.116. The average molecular weight is 640 g/mol. The van der Waals surface area contributed by atoms with Crippen molar-refractivity contribution in [2.75, 3.05) is 6.54 Å². The maximum atomic E-state index is 12.3. The SMILES string of the molecule is C=C1C(=CC=C2CCC[C@@]3(C)C2CC[C@@H]3[C@H](C)C=C2CCNC2=O)C[C@@H](O[Si](C)(C)C(C)(C)C)C[C@@H]1O[Si](C)(C)C(C)(C)C. The molecule has 0 spiro atoms. The second kappa shape index (κ2) is 12.8. The van der Waals surface area contributed by atoms with E-state index in [-0.39, 0.29) is 28.2 Å². The normalized spacial score (nSPS) is 34.1. The molecule has 6 atom stereocenters. The van der Waals surface area contributed by atoms with Crippen LogP contribution in [-0.2, 0) is 13.6 Å². The van der Waals surface area contributed by atoms with Crippen molar-refractivity contribution in [3.8, 4) is 0 Å². The molecule has 0 radical (unpaired) electrons. The minimum Gasteiger partial charge on any atom is -0.413 e. The van der Waals surface area contributed by atoms with E-state index in [0.29, 0.717) is 23.2 Å². The highest BCUT2D eigenvalue weighted by molar-refractivity contribution is 6.74. The second-order valence-corrected chi connectivity index (χ2v) is 27.4. The van der Waals surface area contributed by atoms with Crippen molar-refractivity contribution in [1.29, 1.82) is 0 Å². The molecule has 1 N–H and O–H groups in total. The van der Waals surface area contributed by atoms with Gasteiger partial charge in [-0.25, -0.2) is 0 Å². The fourth-order valence-corrected chi connectivity index (χ4v) is 10.7.